The molecule has 2 aromatic rings. The van der Waals surface area contributed by atoms with Crippen LogP contribution < -0.4 is 0 Å². The van der Waals surface area contributed by atoms with Gasteiger partial charge in [0.1, 0.15) is 0 Å². The molecule has 0 saturated heterocycles. The van der Waals surface area contributed by atoms with Gasteiger partial charge in [0.2, 0.25) is 0 Å². The summed E-state index contributed by atoms with van der Waals surface area (Å²) in [5, 5.41) is 19.9. The summed E-state index contributed by atoms with van der Waals surface area (Å²) < 4.78 is 0. The number of nitrogens with zero attached hydrogens (tertiary/aromatic N) is 2. The Morgan fingerprint density at radius 1 is 1.03 bits per heavy atom. The minimum absolute atomic E-state index is 0.105. The molecule has 29 heavy (non-hydrogen) atoms. The van der Waals surface area contributed by atoms with Crippen LogP contribution in [0, 0.1) is 34.0 Å². The molecule has 0 fully saturated rings. The van der Waals surface area contributed by atoms with Gasteiger partial charge >= 0.3 is 0 Å². The van der Waals surface area contributed by atoms with Crippen molar-refractivity contribution in [1.29, 1.82) is 10.5 Å². The largest absolute Gasteiger partial charge is 0.196 e. The van der Waals surface area contributed by atoms with Crippen molar-refractivity contribution in [3.63, 3.8) is 0 Å². The van der Waals surface area contributed by atoms with Crippen molar-refractivity contribution in [2.45, 2.75) is 31.6 Å². The molecule has 0 heterocycles. The topological polar surface area (TPSA) is 47.6 Å². The summed E-state index contributed by atoms with van der Waals surface area (Å²) in [5.74, 6) is 0.221. The van der Waals surface area contributed by atoms with E-state index >= 15 is 0 Å². The van der Waals surface area contributed by atoms with E-state index in [0.717, 1.165) is 30.4 Å². The van der Waals surface area contributed by atoms with Crippen LogP contribution in [0.5, 0.6) is 0 Å². The van der Waals surface area contributed by atoms with Crippen molar-refractivity contribution in [3.8, 4) is 12.1 Å². The van der Waals surface area contributed by atoms with Gasteiger partial charge in [0.15, 0.2) is 5.41 Å². The molecule has 0 spiro atoms. The number of benzene rings is 2. The molecule has 0 aromatic heterocycles. The summed E-state index contributed by atoms with van der Waals surface area (Å²) in [6.45, 7) is 3.80. The first-order chi connectivity index (χ1) is 14.2. The van der Waals surface area contributed by atoms with E-state index in [2.05, 4.69) is 73.3 Å². The second-order valence-corrected chi connectivity index (χ2v) is 7.52. The Labute approximate surface area is 174 Å². The molecular formula is C27H26N2. The zero-order valence-corrected chi connectivity index (χ0v) is 16.7. The van der Waals surface area contributed by atoms with E-state index in [0.29, 0.717) is 6.42 Å². The summed E-state index contributed by atoms with van der Waals surface area (Å²) in [6.07, 6.45) is 11.5. The van der Waals surface area contributed by atoms with E-state index in [1.165, 1.54) is 5.56 Å². The van der Waals surface area contributed by atoms with Gasteiger partial charge in [-0.25, -0.2) is 0 Å². The number of nitriles is 2. The summed E-state index contributed by atoms with van der Waals surface area (Å²) in [5.41, 5.74) is 2.18. The molecule has 2 atom stereocenters. The molecule has 2 nitrogen and oxygen atoms in total. The van der Waals surface area contributed by atoms with Crippen molar-refractivity contribution in [1.82, 2.24) is 0 Å². The second-order valence-electron chi connectivity index (χ2n) is 7.52. The third-order valence-corrected chi connectivity index (χ3v) is 5.72. The summed E-state index contributed by atoms with van der Waals surface area (Å²) in [7, 11) is 0. The monoisotopic (exact) mass is 378 g/mol. The fraction of sp³-hybridized carbons (Fsp3) is 0.259. The average molecular weight is 379 g/mol. The van der Waals surface area contributed by atoms with Crippen LogP contribution in [-0.4, -0.2) is 0 Å². The third-order valence-electron chi connectivity index (χ3n) is 5.72. The SMILES string of the molecule is C=CCC(C#N)(C#N)C1=CCCCC1C(C=Cc1ccccc1)c1ccccc1. The lowest BCUT2D eigenvalue weighted by atomic mass is 9.65. The maximum absolute atomic E-state index is 9.96. The van der Waals surface area contributed by atoms with E-state index in [1.807, 2.05) is 24.3 Å². The Kier molecular flexibility index (Phi) is 6.83. The maximum Gasteiger partial charge on any atom is 0.168 e. The van der Waals surface area contributed by atoms with Crippen LogP contribution in [-0.2, 0) is 0 Å². The number of allylic oxidation sites excluding steroid dienone is 4. The maximum atomic E-state index is 9.96. The fourth-order valence-corrected chi connectivity index (χ4v) is 4.28. The molecule has 2 heteroatoms. The third kappa shape index (κ3) is 4.56. The summed E-state index contributed by atoms with van der Waals surface area (Å²) >= 11 is 0. The fourth-order valence-electron chi connectivity index (χ4n) is 4.28. The first-order valence-electron chi connectivity index (χ1n) is 10.2. The van der Waals surface area contributed by atoms with E-state index in [-0.39, 0.29) is 11.8 Å². The standard InChI is InChI=1S/C27H26N2/c1-2-19-27(20-28,21-29)26-16-10-9-15-25(26)24(23-13-7-4-8-14-23)18-17-22-11-5-3-6-12-22/h2-8,11-14,16-18,24-25H,1,9-10,15,19H2. The molecule has 2 unspecified atom stereocenters. The molecule has 144 valence electrons. The van der Waals surface area contributed by atoms with Crippen molar-refractivity contribution >= 4 is 6.08 Å². The van der Waals surface area contributed by atoms with Crippen molar-refractivity contribution in [2.75, 3.05) is 0 Å². The van der Waals surface area contributed by atoms with Gasteiger partial charge in [-0.2, -0.15) is 10.5 Å². The lowest BCUT2D eigenvalue weighted by Crippen LogP contribution is -2.29. The molecule has 0 bridgehead atoms. The zero-order valence-electron chi connectivity index (χ0n) is 16.7. The van der Waals surface area contributed by atoms with Gasteiger partial charge in [-0.15, -0.1) is 6.58 Å². The molecule has 2 aromatic carbocycles. The Morgan fingerprint density at radius 3 is 2.31 bits per heavy atom. The van der Waals surface area contributed by atoms with Crippen molar-refractivity contribution < 1.29 is 0 Å². The second kappa shape index (κ2) is 9.72. The quantitative estimate of drug-likeness (QED) is 0.496. The number of hydrogen-bond donors (Lipinski definition) is 0. The van der Waals surface area contributed by atoms with Gasteiger partial charge in [-0.1, -0.05) is 85.0 Å². The normalized spacial score (nSPS) is 17.7. The molecule has 1 aliphatic carbocycles. The highest BCUT2D eigenvalue weighted by Crippen LogP contribution is 2.47. The molecule has 0 saturated carbocycles. The van der Waals surface area contributed by atoms with E-state index in [1.54, 1.807) is 6.08 Å². The predicted molar refractivity (Wildman–Crippen MR) is 119 cm³/mol. The molecule has 0 radical (unpaired) electrons. The molecule has 0 N–H and O–H groups in total. The minimum Gasteiger partial charge on any atom is -0.196 e. The predicted octanol–water partition coefficient (Wildman–Crippen LogP) is 6.82. The van der Waals surface area contributed by atoms with Crippen LogP contribution in [0.2, 0.25) is 0 Å². The van der Waals surface area contributed by atoms with Crippen LogP contribution >= 0.6 is 0 Å². The van der Waals surface area contributed by atoms with Crippen LogP contribution in [0.25, 0.3) is 6.08 Å². The van der Waals surface area contributed by atoms with E-state index in [4.69, 9.17) is 0 Å². The van der Waals surface area contributed by atoms with Gasteiger partial charge in [0.25, 0.3) is 0 Å². The first kappa shape index (κ1) is 20.4. The first-order valence-corrected chi connectivity index (χ1v) is 10.2. The molecule has 3 rings (SSSR count). The smallest absolute Gasteiger partial charge is 0.168 e. The lowest BCUT2D eigenvalue weighted by molar-refractivity contribution is 0.405. The van der Waals surface area contributed by atoms with Crippen LogP contribution in [0.1, 0.15) is 42.7 Å². The lowest BCUT2D eigenvalue weighted by Gasteiger charge is -2.36. The summed E-state index contributed by atoms with van der Waals surface area (Å²) in [6, 6.07) is 25.3. The highest BCUT2D eigenvalue weighted by molar-refractivity contribution is 5.52. The molecule has 0 aliphatic heterocycles. The van der Waals surface area contributed by atoms with Crippen LogP contribution in [0.4, 0.5) is 0 Å². The van der Waals surface area contributed by atoms with E-state index < -0.39 is 5.41 Å². The van der Waals surface area contributed by atoms with Crippen LogP contribution in [0.15, 0.2) is 91.0 Å². The average Bonchev–Trinajstić information content (AvgIpc) is 2.79. The highest BCUT2D eigenvalue weighted by atomic mass is 14.5. The van der Waals surface area contributed by atoms with Crippen LogP contribution in [0.3, 0.4) is 0 Å². The zero-order chi connectivity index (χ0) is 20.5. The highest BCUT2D eigenvalue weighted by Gasteiger charge is 2.41. The van der Waals surface area contributed by atoms with Gasteiger partial charge in [0, 0.05) is 12.3 Å². The van der Waals surface area contributed by atoms with Gasteiger partial charge in [0.05, 0.1) is 12.1 Å². The molecular weight excluding hydrogens is 352 g/mol. The minimum atomic E-state index is -1.14. The van der Waals surface area contributed by atoms with E-state index in [9.17, 15) is 10.5 Å². The Balaban J connectivity index is 2.06. The van der Waals surface area contributed by atoms with Gasteiger partial charge < -0.3 is 0 Å². The van der Waals surface area contributed by atoms with Gasteiger partial charge in [-0.3, -0.25) is 0 Å². The number of hydrogen-bond acceptors (Lipinski definition) is 2. The molecule has 1 aliphatic rings. The Hall–Kier alpha value is -3.36. The van der Waals surface area contributed by atoms with Gasteiger partial charge in [-0.05, 0) is 41.9 Å². The summed E-state index contributed by atoms with van der Waals surface area (Å²) in [4.78, 5) is 0. The van der Waals surface area contributed by atoms with Crippen molar-refractivity contribution in [3.05, 3.63) is 102 Å². The molecule has 0 amide bonds. The van der Waals surface area contributed by atoms with Crippen molar-refractivity contribution in [2.24, 2.45) is 11.3 Å². The Bertz CT molecular complexity index is 941. The Morgan fingerprint density at radius 2 is 1.69 bits per heavy atom. The number of rotatable bonds is 7.